The highest BCUT2D eigenvalue weighted by molar-refractivity contribution is 5.99. The predicted molar refractivity (Wildman–Crippen MR) is 71.5 cm³/mol. The third-order valence-electron chi connectivity index (χ3n) is 2.79. The van der Waals surface area contributed by atoms with E-state index in [1.807, 2.05) is 13.2 Å². The molecule has 0 aliphatic rings. The van der Waals surface area contributed by atoms with Gasteiger partial charge in [-0.3, -0.25) is 9.48 Å². The molecular weight excluding hydrogens is 244 g/mol. The topological polar surface area (TPSA) is 84.4 Å². The predicted octanol–water partition coefficient (Wildman–Crippen LogP) is 0.980. The molecule has 19 heavy (non-hydrogen) atoms. The van der Waals surface area contributed by atoms with Gasteiger partial charge in [-0.2, -0.15) is 5.10 Å². The number of aromatic nitrogens is 2. The van der Waals surface area contributed by atoms with Crippen LogP contribution in [-0.4, -0.2) is 32.7 Å². The van der Waals surface area contributed by atoms with Crippen molar-refractivity contribution in [3.05, 3.63) is 41.7 Å². The number of rotatable bonds is 3. The van der Waals surface area contributed by atoms with Gasteiger partial charge in [0, 0.05) is 38.1 Å². The fraction of sp³-hybridized carbons (Fsp3) is 0.231. The molecule has 0 saturated heterocycles. The number of carbonyl (C=O) groups excluding carboxylic acids is 1. The first kappa shape index (κ1) is 12.9. The average molecular weight is 260 g/mol. The van der Waals surface area contributed by atoms with Gasteiger partial charge < -0.3 is 15.7 Å². The highest BCUT2D eigenvalue weighted by Gasteiger charge is 2.16. The molecule has 0 fully saturated rings. The summed E-state index contributed by atoms with van der Waals surface area (Å²) in [5.74, 6) is -0.218. The fourth-order valence-corrected chi connectivity index (χ4v) is 1.83. The van der Waals surface area contributed by atoms with E-state index in [0.29, 0.717) is 17.8 Å². The molecule has 0 aliphatic heterocycles. The molecule has 0 spiro atoms. The maximum absolute atomic E-state index is 12.2. The summed E-state index contributed by atoms with van der Waals surface area (Å²) in [4.78, 5) is 13.8. The first-order valence-electron chi connectivity index (χ1n) is 5.79. The lowest BCUT2D eigenvalue weighted by Gasteiger charge is -2.17. The normalized spacial score (nSPS) is 10.4. The molecule has 1 aromatic carbocycles. The minimum atomic E-state index is -0.239. The second-order valence-corrected chi connectivity index (χ2v) is 4.46. The summed E-state index contributed by atoms with van der Waals surface area (Å²) >= 11 is 0. The quantitative estimate of drug-likeness (QED) is 0.636. The van der Waals surface area contributed by atoms with Crippen LogP contribution >= 0.6 is 0 Å². The van der Waals surface area contributed by atoms with Crippen molar-refractivity contribution in [3.63, 3.8) is 0 Å². The van der Waals surface area contributed by atoms with Crippen LogP contribution in [0.1, 0.15) is 15.9 Å². The Hall–Kier alpha value is -2.50. The van der Waals surface area contributed by atoms with E-state index in [2.05, 4.69) is 5.10 Å². The number of hydrogen-bond acceptors (Lipinski definition) is 4. The van der Waals surface area contributed by atoms with Gasteiger partial charge in [0.05, 0.1) is 11.8 Å². The first-order valence-corrected chi connectivity index (χ1v) is 5.79. The smallest absolute Gasteiger partial charge is 0.256 e. The van der Waals surface area contributed by atoms with Crippen molar-refractivity contribution >= 4 is 11.6 Å². The number of nitrogen functional groups attached to an aromatic ring is 1. The summed E-state index contributed by atoms with van der Waals surface area (Å²) in [7, 11) is 3.50. The lowest BCUT2D eigenvalue weighted by molar-refractivity contribution is 0.0785. The molecule has 1 amide bonds. The first-order chi connectivity index (χ1) is 8.97. The largest absolute Gasteiger partial charge is 0.508 e. The Bertz CT molecular complexity index is 606. The van der Waals surface area contributed by atoms with Crippen LogP contribution in [0.5, 0.6) is 5.75 Å². The standard InChI is InChI=1S/C13H16N4O2/c1-16(7-9-6-15-17(2)8-9)13(19)11-5-10(18)3-4-12(11)14/h3-6,8,18H,7,14H2,1-2H3. The number of phenols is 1. The van der Waals surface area contributed by atoms with Crippen LogP contribution < -0.4 is 5.73 Å². The van der Waals surface area contributed by atoms with E-state index in [-0.39, 0.29) is 11.7 Å². The number of anilines is 1. The lowest BCUT2D eigenvalue weighted by atomic mass is 10.1. The number of carbonyl (C=O) groups is 1. The Morgan fingerprint density at radius 2 is 2.26 bits per heavy atom. The molecule has 0 unspecified atom stereocenters. The number of amides is 1. The van der Waals surface area contributed by atoms with Gasteiger partial charge in [-0.1, -0.05) is 0 Å². The van der Waals surface area contributed by atoms with Crippen LogP contribution in [0.15, 0.2) is 30.6 Å². The number of aryl methyl sites for hydroxylation is 1. The second-order valence-electron chi connectivity index (χ2n) is 4.46. The number of hydrogen-bond donors (Lipinski definition) is 2. The molecule has 100 valence electrons. The molecule has 0 atom stereocenters. The average Bonchev–Trinajstić information content (AvgIpc) is 2.77. The van der Waals surface area contributed by atoms with Crippen molar-refractivity contribution in [1.29, 1.82) is 0 Å². The molecule has 6 nitrogen and oxygen atoms in total. The maximum atomic E-state index is 12.2. The van der Waals surface area contributed by atoms with E-state index in [4.69, 9.17) is 5.73 Å². The van der Waals surface area contributed by atoms with Gasteiger partial charge in [0.1, 0.15) is 5.75 Å². The van der Waals surface area contributed by atoms with Crippen molar-refractivity contribution < 1.29 is 9.90 Å². The molecule has 0 aliphatic carbocycles. The SMILES string of the molecule is CN(Cc1cnn(C)c1)C(=O)c1cc(O)ccc1N. The summed E-state index contributed by atoms with van der Waals surface area (Å²) in [6, 6.07) is 4.34. The minimum Gasteiger partial charge on any atom is -0.508 e. The fourth-order valence-electron chi connectivity index (χ4n) is 1.83. The highest BCUT2D eigenvalue weighted by Crippen LogP contribution is 2.20. The van der Waals surface area contributed by atoms with E-state index < -0.39 is 0 Å². The Balaban J connectivity index is 2.16. The second kappa shape index (κ2) is 5.01. The van der Waals surface area contributed by atoms with Crippen LogP contribution in [0.4, 0.5) is 5.69 Å². The molecule has 0 radical (unpaired) electrons. The Kier molecular flexibility index (Phi) is 3.41. The molecule has 0 bridgehead atoms. The highest BCUT2D eigenvalue weighted by atomic mass is 16.3. The van der Waals surface area contributed by atoms with E-state index in [1.165, 1.54) is 23.1 Å². The zero-order valence-electron chi connectivity index (χ0n) is 10.9. The van der Waals surface area contributed by atoms with Crippen molar-refractivity contribution in [2.75, 3.05) is 12.8 Å². The summed E-state index contributed by atoms with van der Waals surface area (Å²) in [5.41, 5.74) is 7.32. The van der Waals surface area contributed by atoms with Gasteiger partial charge >= 0.3 is 0 Å². The van der Waals surface area contributed by atoms with E-state index >= 15 is 0 Å². The van der Waals surface area contributed by atoms with Crippen molar-refractivity contribution in [1.82, 2.24) is 14.7 Å². The molecular formula is C13H16N4O2. The molecule has 0 saturated carbocycles. The maximum Gasteiger partial charge on any atom is 0.256 e. The molecule has 1 aromatic heterocycles. The molecule has 6 heteroatoms. The minimum absolute atomic E-state index is 0.0207. The van der Waals surface area contributed by atoms with Crippen LogP contribution in [0.3, 0.4) is 0 Å². The molecule has 1 heterocycles. The van der Waals surface area contributed by atoms with Crippen LogP contribution in [0.25, 0.3) is 0 Å². The molecule has 2 aromatic rings. The number of aromatic hydroxyl groups is 1. The third kappa shape index (κ3) is 2.85. The Labute approximate surface area is 111 Å². The van der Waals surface area contributed by atoms with Crippen LogP contribution in [-0.2, 0) is 13.6 Å². The Morgan fingerprint density at radius 3 is 2.89 bits per heavy atom. The van der Waals surface area contributed by atoms with Gasteiger partial charge in [0.15, 0.2) is 0 Å². The van der Waals surface area contributed by atoms with Gasteiger partial charge in [0.2, 0.25) is 0 Å². The van der Waals surface area contributed by atoms with Gasteiger partial charge in [-0.25, -0.2) is 0 Å². The number of nitrogens with zero attached hydrogens (tertiary/aromatic N) is 3. The zero-order valence-corrected chi connectivity index (χ0v) is 10.9. The van der Waals surface area contributed by atoms with Crippen molar-refractivity contribution in [2.45, 2.75) is 6.54 Å². The van der Waals surface area contributed by atoms with E-state index in [9.17, 15) is 9.90 Å². The van der Waals surface area contributed by atoms with E-state index in [0.717, 1.165) is 5.56 Å². The molecule has 2 rings (SSSR count). The number of nitrogens with two attached hydrogens (primary N) is 1. The summed E-state index contributed by atoms with van der Waals surface area (Å²) in [6.07, 6.45) is 3.55. The van der Waals surface area contributed by atoms with Crippen molar-refractivity contribution in [2.24, 2.45) is 7.05 Å². The van der Waals surface area contributed by atoms with Crippen LogP contribution in [0.2, 0.25) is 0 Å². The zero-order chi connectivity index (χ0) is 14.0. The van der Waals surface area contributed by atoms with Gasteiger partial charge in [-0.15, -0.1) is 0 Å². The van der Waals surface area contributed by atoms with Crippen LogP contribution in [0, 0.1) is 0 Å². The summed E-state index contributed by atoms with van der Waals surface area (Å²) in [6.45, 7) is 0.432. The van der Waals surface area contributed by atoms with E-state index in [1.54, 1.807) is 17.9 Å². The lowest BCUT2D eigenvalue weighted by Crippen LogP contribution is -2.26. The monoisotopic (exact) mass is 260 g/mol. The summed E-state index contributed by atoms with van der Waals surface area (Å²) in [5, 5.41) is 13.5. The van der Waals surface area contributed by atoms with Gasteiger partial charge in [0.25, 0.3) is 5.91 Å². The number of phenolic OH excluding ortho intramolecular Hbond substituents is 1. The Morgan fingerprint density at radius 1 is 1.53 bits per heavy atom. The number of benzene rings is 1. The third-order valence-corrected chi connectivity index (χ3v) is 2.79. The molecule has 3 N–H and O–H groups in total. The van der Waals surface area contributed by atoms with Crippen molar-refractivity contribution in [3.8, 4) is 5.75 Å². The van der Waals surface area contributed by atoms with Gasteiger partial charge in [-0.05, 0) is 18.2 Å². The summed E-state index contributed by atoms with van der Waals surface area (Å²) < 4.78 is 1.68.